The van der Waals surface area contributed by atoms with E-state index >= 15 is 0 Å². The number of rotatable bonds is 38. The van der Waals surface area contributed by atoms with Crippen molar-refractivity contribution in [1.82, 2.24) is 0 Å². The van der Waals surface area contributed by atoms with E-state index in [0.29, 0.717) is 25.7 Å². The number of aliphatic hydroxyl groups is 1. The molecule has 0 saturated carbocycles. The highest BCUT2D eigenvalue weighted by Gasteiger charge is 2.21. The van der Waals surface area contributed by atoms with Crippen LogP contribution in [0, 0.1) is 5.92 Å². The minimum Gasteiger partial charge on any atom is -0.462 e. The van der Waals surface area contributed by atoms with E-state index in [1.807, 2.05) is 6.92 Å². The van der Waals surface area contributed by atoms with Gasteiger partial charge in [0.05, 0.1) is 6.10 Å². The summed E-state index contributed by atoms with van der Waals surface area (Å²) in [5.74, 6) is -0.974. The van der Waals surface area contributed by atoms with Crippen LogP contribution in [0.25, 0.3) is 0 Å². The van der Waals surface area contributed by atoms with Crippen LogP contribution in [0.2, 0.25) is 0 Å². The van der Waals surface area contributed by atoms with Gasteiger partial charge in [0.2, 0.25) is 0 Å². The third kappa shape index (κ3) is 36.2. The zero-order valence-corrected chi connectivity index (χ0v) is 33.5. The van der Waals surface area contributed by atoms with Gasteiger partial charge in [-0.25, -0.2) is 0 Å². The molecule has 0 aromatic carbocycles. The summed E-state index contributed by atoms with van der Waals surface area (Å²) < 4.78 is 16.6. The summed E-state index contributed by atoms with van der Waals surface area (Å²) >= 11 is 0. The van der Waals surface area contributed by atoms with Gasteiger partial charge in [0.1, 0.15) is 13.2 Å². The first-order chi connectivity index (χ1) is 24.3. The molecule has 2 atom stereocenters. The maximum atomic E-state index is 12.6. The lowest BCUT2D eigenvalue weighted by Gasteiger charge is -2.19. The smallest absolute Gasteiger partial charge is 0.306 e. The number of unbranched alkanes of at least 4 members (excludes halogenated alkanes) is 24. The lowest BCUT2D eigenvalue weighted by atomic mass is 10.0. The Bertz CT molecular complexity index is 722. The van der Waals surface area contributed by atoms with E-state index in [-0.39, 0.29) is 37.5 Å². The Labute approximate surface area is 309 Å². The molecule has 0 radical (unpaired) electrons. The van der Waals surface area contributed by atoms with E-state index in [1.165, 1.54) is 128 Å². The van der Waals surface area contributed by atoms with E-state index in [0.717, 1.165) is 38.5 Å². The number of aliphatic hydroxyl groups excluding tert-OH is 1. The number of esters is 3. The van der Waals surface area contributed by atoms with Gasteiger partial charge in [-0.3, -0.25) is 14.4 Å². The first-order valence-corrected chi connectivity index (χ1v) is 21.5. The van der Waals surface area contributed by atoms with Gasteiger partial charge in [0.15, 0.2) is 6.10 Å². The summed E-state index contributed by atoms with van der Waals surface area (Å²) in [5, 5.41) is 9.56. The molecule has 0 fully saturated rings. The predicted octanol–water partition coefficient (Wildman–Crippen LogP) is 12.1. The van der Waals surface area contributed by atoms with E-state index in [9.17, 15) is 19.5 Å². The number of hydrogen-bond acceptors (Lipinski definition) is 7. The van der Waals surface area contributed by atoms with Crippen molar-refractivity contribution in [3.05, 3.63) is 0 Å². The molecule has 0 aromatic rings. The molecule has 1 N–H and O–H groups in total. The summed E-state index contributed by atoms with van der Waals surface area (Å²) in [4.78, 5) is 37.6. The third-order valence-electron chi connectivity index (χ3n) is 9.72. The number of ether oxygens (including phenoxy) is 3. The molecule has 296 valence electrons. The summed E-state index contributed by atoms with van der Waals surface area (Å²) in [6, 6.07) is 0. The Balaban J connectivity index is 4.27. The molecule has 0 bridgehead atoms. The van der Waals surface area contributed by atoms with E-state index in [1.54, 1.807) is 6.92 Å². The van der Waals surface area contributed by atoms with Gasteiger partial charge in [0.25, 0.3) is 0 Å². The van der Waals surface area contributed by atoms with E-state index in [4.69, 9.17) is 14.2 Å². The van der Waals surface area contributed by atoms with Crippen molar-refractivity contribution in [2.45, 2.75) is 239 Å². The molecular formula is C43H82O7. The lowest BCUT2D eigenvalue weighted by Crippen LogP contribution is -2.31. The molecule has 7 nitrogen and oxygen atoms in total. The van der Waals surface area contributed by atoms with Gasteiger partial charge >= 0.3 is 17.9 Å². The molecule has 0 aliphatic carbocycles. The molecule has 50 heavy (non-hydrogen) atoms. The summed E-state index contributed by atoms with van der Waals surface area (Å²) in [7, 11) is 0. The first kappa shape index (κ1) is 48.4. The SMILES string of the molecule is CCCCCCCCCCCCCCCC(=O)OCC(COC(=O)CCCCCCCCCCCCCCC)OC(=O)CC(C)CCC(C)O. The normalized spacial score (nSPS) is 12.6. The standard InChI is InChI=1S/C43H82O7/c1-5-7-9-11-13-15-17-19-21-23-25-27-29-31-41(45)48-36-40(50-43(47)35-38(3)33-34-39(4)44)37-49-42(46)32-30-28-26-24-22-20-18-16-14-12-10-8-6-2/h38-40,44H,5-37H2,1-4H3. The maximum absolute atomic E-state index is 12.6. The van der Waals surface area contributed by atoms with Gasteiger partial charge in [-0.05, 0) is 38.5 Å². The van der Waals surface area contributed by atoms with Gasteiger partial charge in [-0.1, -0.05) is 175 Å². The molecule has 2 unspecified atom stereocenters. The quantitative estimate of drug-likeness (QED) is 0.0387. The average molecular weight is 711 g/mol. The monoisotopic (exact) mass is 711 g/mol. The van der Waals surface area contributed by atoms with Gasteiger partial charge < -0.3 is 19.3 Å². The third-order valence-corrected chi connectivity index (χ3v) is 9.72. The zero-order valence-electron chi connectivity index (χ0n) is 33.5. The molecule has 0 aromatic heterocycles. The largest absolute Gasteiger partial charge is 0.462 e. The second kappa shape index (κ2) is 37.1. The Morgan fingerprint density at radius 2 is 0.780 bits per heavy atom. The fourth-order valence-corrected chi connectivity index (χ4v) is 6.35. The molecule has 7 heteroatoms. The minimum atomic E-state index is -0.822. The first-order valence-electron chi connectivity index (χ1n) is 21.5. The second-order valence-corrected chi connectivity index (χ2v) is 15.2. The molecule has 0 saturated heterocycles. The topological polar surface area (TPSA) is 99.1 Å². The second-order valence-electron chi connectivity index (χ2n) is 15.2. The van der Waals surface area contributed by atoms with Crippen molar-refractivity contribution in [3.8, 4) is 0 Å². The molecule has 0 aliphatic rings. The average Bonchev–Trinajstić information content (AvgIpc) is 3.09. The highest BCUT2D eigenvalue weighted by molar-refractivity contribution is 5.71. The van der Waals surface area contributed by atoms with Crippen LogP contribution in [-0.4, -0.2) is 48.4 Å². The van der Waals surface area contributed by atoms with Crippen molar-refractivity contribution >= 4 is 17.9 Å². The number of carbonyl (C=O) groups excluding carboxylic acids is 3. The van der Waals surface area contributed by atoms with Crippen LogP contribution in [0.5, 0.6) is 0 Å². The van der Waals surface area contributed by atoms with Gasteiger partial charge in [-0.15, -0.1) is 0 Å². The number of carbonyl (C=O) groups is 3. The Morgan fingerprint density at radius 3 is 1.10 bits per heavy atom. The van der Waals surface area contributed by atoms with Crippen molar-refractivity contribution in [2.24, 2.45) is 5.92 Å². The van der Waals surface area contributed by atoms with Crippen LogP contribution in [0.15, 0.2) is 0 Å². The molecule has 0 spiro atoms. The van der Waals surface area contributed by atoms with Crippen LogP contribution < -0.4 is 0 Å². The highest BCUT2D eigenvalue weighted by atomic mass is 16.6. The minimum absolute atomic E-state index is 0.0500. The van der Waals surface area contributed by atoms with Crippen LogP contribution in [0.3, 0.4) is 0 Å². The Morgan fingerprint density at radius 1 is 0.460 bits per heavy atom. The zero-order chi connectivity index (χ0) is 36.9. The predicted molar refractivity (Wildman–Crippen MR) is 207 cm³/mol. The molecular weight excluding hydrogens is 628 g/mol. The highest BCUT2D eigenvalue weighted by Crippen LogP contribution is 2.16. The number of hydrogen-bond donors (Lipinski definition) is 1. The lowest BCUT2D eigenvalue weighted by molar-refractivity contribution is -0.167. The van der Waals surface area contributed by atoms with E-state index in [2.05, 4.69) is 13.8 Å². The molecule has 0 amide bonds. The molecule has 0 rings (SSSR count). The van der Waals surface area contributed by atoms with Gasteiger partial charge in [0, 0.05) is 19.3 Å². The summed E-state index contributed by atoms with van der Waals surface area (Å²) in [6.07, 6.45) is 33.3. The van der Waals surface area contributed by atoms with Crippen LogP contribution in [-0.2, 0) is 28.6 Å². The summed E-state index contributed by atoms with van der Waals surface area (Å²) in [5.41, 5.74) is 0. The summed E-state index contributed by atoms with van der Waals surface area (Å²) in [6.45, 7) is 7.97. The van der Waals surface area contributed by atoms with Crippen molar-refractivity contribution < 1.29 is 33.7 Å². The van der Waals surface area contributed by atoms with Crippen molar-refractivity contribution in [2.75, 3.05) is 13.2 Å². The maximum Gasteiger partial charge on any atom is 0.306 e. The van der Waals surface area contributed by atoms with Crippen LogP contribution in [0.1, 0.15) is 227 Å². The molecule has 0 aliphatic heterocycles. The van der Waals surface area contributed by atoms with E-state index < -0.39 is 18.2 Å². The fourth-order valence-electron chi connectivity index (χ4n) is 6.35. The Kier molecular flexibility index (Phi) is 35.9. The van der Waals surface area contributed by atoms with Crippen LogP contribution >= 0.6 is 0 Å². The fraction of sp³-hybridized carbons (Fsp3) is 0.930. The molecule has 0 heterocycles. The van der Waals surface area contributed by atoms with Crippen molar-refractivity contribution in [3.63, 3.8) is 0 Å². The van der Waals surface area contributed by atoms with Crippen molar-refractivity contribution in [1.29, 1.82) is 0 Å². The van der Waals surface area contributed by atoms with Crippen LogP contribution in [0.4, 0.5) is 0 Å². The van der Waals surface area contributed by atoms with Gasteiger partial charge in [-0.2, -0.15) is 0 Å². The Hall–Kier alpha value is -1.63.